The average Bonchev–Trinajstić information content (AvgIpc) is 0.903. The van der Waals surface area contributed by atoms with Crippen molar-refractivity contribution in [3.05, 3.63) is 0 Å². The minimum Gasteiger partial charge on any atom is -0.396 e. The smallest absolute Gasteiger partial charge is 0.187 e. The predicted molar refractivity (Wildman–Crippen MR) is 299 cm³/mol. The number of methoxy groups -OCH3 is 18. The molecule has 6 fully saturated rings. The number of nitrogens with two attached hydrogens (primary N) is 1. The quantitative estimate of drug-likeness (QED) is 0.0507. The largest absolute Gasteiger partial charge is 0.396 e. The van der Waals surface area contributed by atoms with E-state index >= 15 is 0 Å². The Hall–Kier alpha value is -1.24. The van der Waals surface area contributed by atoms with Crippen molar-refractivity contribution in [2.75, 3.05) is 168 Å². The maximum Gasteiger partial charge on any atom is 0.187 e. The molecule has 5 heterocycles. The maximum atomic E-state index is 12.1. The Morgan fingerprint density at radius 2 is 0.632 bits per heavy atom. The molecule has 0 aromatic carbocycles. The molecular weight excluding hydrogens is 1160 g/mol. The lowest BCUT2D eigenvalue weighted by molar-refractivity contribution is -0.398. The zero-order valence-electron chi connectivity index (χ0n) is 54.1. The van der Waals surface area contributed by atoms with Crippen molar-refractivity contribution >= 4 is 0 Å². The lowest BCUT2D eigenvalue weighted by Gasteiger charge is -2.55. The Balaban J connectivity index is 1.23. The third kappa shape index (κ3) is 16.0. The van der Waals surface area contributed by atoms with Crippen LogP contribution in [0.2, 0.25) is 0 Å². The van der Waals surface area contributed by atoms with Gasteiger partial charge in [-0.3, -0.25) is 0 Å². The monoisotopic (exact) mass is 1270 g/mol. The summed E-state index contributed by atoms with van der Waals surface area (Å²) in [5.41, 5.74) is 5.17. The van der Waals surface area contributed by atoms with Gasteiger partial charge in [-0.2, -0.15) is 0 Å². The summed E-state index contributed by atoms with van der Waals surface area (Å²) in [5, 5.41) is 26.2. The summed E-state index contributed by atoms with van der Waals surface area (Å²) < 4.78 is 168. The fraction of sp³-hybridized carbons (Fsp3) is 1.00. The Bertz CT molecular complexity index is 1920. The van der Waals surface area contributed by atoms with Gasteiger partial charge in [0.25, 0.3) is 0 Å². The summed E-state index contributed by atoms with van der Waals surface area (Å²) >= 11 is 0. The molecule has 0 spiro atoms. The highest BCUT2D eigenvalue weighted by atomic mass is 16.8. The van der Waals surface area contributed by atoms with Gasteiger partial charge >= 0.3 is 0 Å². The van der Waals surface area contributed by atoms with Crippen molar-refractivity contribution in [2.24, 2.45) is 11.7 Å². The van der Waals surface area contributed by atoms with Gasteiger partial charge in [-0.15, -0.1) is 0 Å². The van der Waals surface area contributed by atoms with Gasteiger partial charge in [-0.25, -0.2) is 0 Å². The van der Waals surface area contributed by atoms with Crippen LogP contribution in [-0.2, 0) is 128 Å². The lowest BCUT2D eigenvalue weighted by atomic mass is 9.67. The van der Waals surface area contributed by atoms with Gasteiger partial charge < -0.3 is 149 Å². The Morgan fingerprint density at radius 3 is 0.920 bits per heavy atom. The number of hydrogen-bond donors (Lipinski definition) is 4. The summed E-state index contributed by atoms with van der Waals surface area (Å²) in [4.78, 5) is 0. The van der Waals surface area contributed by atoms with E-state index in [9.17, 15) is 10.2 Å². The highest BCUT2D eigenvalue weighted by molar-refractivity contribution is 5.15. The van der Waals surface area contributed by atoms with E-state index in [4.69, 9.17) is 134 Å². The minimum absolute atomic E-state index is 0.0122. The first-order valence-electron chi connectivity index (χ1n) is 29.1. The van der Waals surface area contributed by atoms with Crippen molar-refractivity contribution in [3.63, 3.8) is 0 Å². The van der Waals surface area contributed by atoms with Gasteiger partial charge in [0.1, 0.15) is 122 Å². The molecule has 0 bridgehead atoms. The summed E-state index contributed by atoms with van der Waals surface area (Å²) in [5.74, 6) is -0.848. The number of aliphatic hydroxyl groups is 2. The zero-order chi connectivity index (χ0) is 63.9. The lowest BCUT2D eigenvalue weighted by Crippen LogP contribution is -2.79. The van der Waals surface area contributed by atoms with Gasteiger partial charge in [0.15, 0.2) is 31.5 Å². The molecule has 1 aliphatic carbocycles. The van der Waals surface area contributed by atoms with Crippen LogP contribution in [0.15, 0.2) is 0 Å². The molecule has 31 heteroatoms. The third-order valence-electron chi connectivity index (χ3n) is 17.8. The van der Waals surface area contributed by atoms with Crippen molar-refractivity contribution in [3.8, 4) is 0 Å². The molecule has 0 amide bonds. The van der Waals surface area contributed by atoms with E-state index in [2.05, 4.69) is 5.32 Å². The Morgan fingerprint density at radius 1 is 0.345 bits per heavy atom. The molecule has 87 heavy (non-hydrogen) atoms. The van der Waals surface area contributed by atoms with Crippen molar-refractivity contribution in [2.45, 2.75) is 190 Å². The van der Waals surface area contributed by atoms with E-state index in [1.807, 2.05) is 6.92 Å². The molecule has 6 aliphatic rings. The summed E-state index contributed by atoms with van der Waals surface area (Å²) in [6.07, 6.45) is -23.3. The van der Waals surface area contributed by atoms with Crippen LogP contribution in [0.3, 0.4) is 0 Å². The van der Waals surface area contributed by atoms with Crippen LogP contribution in [-0.4, -0.2) is 361 Å². The number of hydrogen-bond acceptors (Lipinski definition) is 31. The van der Waals surface area contributed by atoms with Crippen LogP contribution >= 0.6 is 0 Å². The normalized spacial score (nSPS) is 45.6. The second-order valence-electron chi connectivity index (χ2n) is 22.2. The first kappa shape index (κ1) is 74.8. The van der Waals surface area contributed by atoms with Crippen molar-refractivity contribution < 1.29 is 138 Å². The molecule has 0 aromatic heterocycles. The Labute approximate surface area is 511 Å². The van der Waals surface area contributed by atoms with Gasteiger partial charge in [0.2, 0.25) is 0 Å². The van der Waals surface area contributed by atoms with E-state index in [-0.39, 0.29) is 33.0 Å². The number of nitrogens with one attached hydrogen (secondary N) is 1. The molecule has 0 radical (unpaired) electrons. The highest BCUT2D eigenvalue weighted by Crippen LogP contribution is 2.42. The minimum atomic E-state index is -1.73. The molecular formula is C56H104N2O29. The Kier molecular flexibility index (Phi) is 30.8. The molecule has 512 valence electrons. The molecule has 0 aromatic rings. The number of rotatable bonds is 34. The van der Waals surface area contributed by atoms with Crippen LogP contribution < -0.4 is 11.1 Å². The third-order valence-corrected chi connectivity index (χ3v) is 17.8. The van der Waals surface area contributed by atoms with Crippen LogP contribution in [0.25, 0.3) is 0 Å². The number of ether oxygens (including phenoxy) is 27. The first-order valence-corrected chi connectivity index (χ1v) is 29.1. The maximum absolute atomic E-state index is 12.1. The van der Waals surface area contributed by atoms with Gasteiger partial charge in [0.05, 0.1) is 70.0 Å². The highest BCUT2D eigenvalue weighted by Gasteiger charge is 2.62. The average molecular weight is 1270 g/mol. The van der Waals surface area contributed by atoms with Crippen molar-refractivity contribution in [1.29, 1.82) is 0 Å². The molecule has 5 aliphatic heterocycles. The van der Waals surface area contributed by atoms with Gasteiger partial charge in [-0.1, -0.05) is 0 Å². The van der Waals surface area contributed by atoms with Gasteiger partial charge in [0, 0.05) is 134 Å². The van der Waals surface area contributed by atoms with Crippen LogP contribution in [0.5, 0.6) is 0 Å². The second kappa shape index (κ2) is 35.9. The standard InChI is InChI=1S/C56H104N2O29/c1-26-32(58-33-40(68-9)34(66-7)27(20-59)56(60,25-65-6)50(33)57)39(67-8)45(73-14)52(79-26)84-36-29(22-62-3)81-54(47(75-16)42(36)70-11)86-38-31(24-64-5)83-55(49(77-18)44(38)72-13)87-37-30(23-63-4)82-53(48(76-17)43(37)71-12)85-35-28(21-61-2)80-51(78-19)46(74-15)41(35)69-10/h26-55,58-60H,20-25,57H2,1-19H3/t26?,27-,28?,29?,30?,31?,32+,33+,34-,35+,36+,37+,38+,39-,40?,41-,42-,43-,44-,45?,46?,47?,48?,49?,50?,51-,52+,53-,54-,55-,56?/m1/s1. The molecule has 5 N–H and O–H groups in total. The van der Waals surface area contributed by atoms with E-state index in [0.29, 0.717) is 0 Å². The van der Waals surface area contributed by atoms with Crippen LogP contribution in [0.1, 0.15) is 6.92 Å². The van der Waals surface area contributed by atoms with E-state index in [1.54, 1.807) is 14.2 Å². The van der Waals surface area contributed by atoms with Crippen LogP contribution in [0.4, 0.5) is 0 Å². The summed E-state index contributed by atoms with van der Waals surface area (Å²) in [6, 6.07) is -2.46. The second-order valence-corrected chi connectivity index (χ2v) is 22.2. The molecule has 1 saturated carbocycles. The fourth-order valence-corrected chi connectivity index (χ4v) is 13.6. The van der Waals surface area contributed by atoms with E-state index in [1.165, 1.54) is 114 Å². The fourth-order valence-electron chi connectivity index (χ4n) is 13.6. The summed E-state index contributed by atoms with van der Waals surface area (Å²) in [7, 11) is 27.2. The van der Waals surface area contributed by atoms with E-state index < -0.39 is 196 Å². The molecule has 13 unspecified atom stereocenters. The zero-order valence-corrected chi connectivity index (χ0v) is 54.1. The van der Waals surface area contributed by atoms with Gasteiger partial charge in [-0.05, 0) is 6.92 Å². The number of aliphatic hydroxyl groups excluding tert-OH is 1. The molecule has 6 rings (SSSR count). The van der Waals surface area contributed by atoms with Crippen LogP contribution in [0, 0.1) is 5.92 Å². The predicted octanol–water partition coefficient (Wildman–Crippen LogP) is -2.76. The SMILES string of the molecule is COCC1O[C@H](O[C@H]2C(COC)O[C@H](O[C@H]3C(COC)O[C@H](O[C@H]4C(COC)O[C@@H](OC)C(OC)[C@@H]4OC)C(OC)[C@@H]3OC)C(OC)[C@@H]2OC)C(OC)[C@H](OC)[C@H]1O[C@@H]1OC(C)[C@H](N[C@H]2C(OC)[C@H](OC)[C@@H](CO)C(O)(COC)C2N)[C@@H](OC)C1OC. The van der Waals surface area contributed by atoms with E-state index in [0.717, 1.165) is 0 Å². The summed E-state index contributed by atoms with van der Waals surface area (Å²) in [6.45, 7) is 1.30. The first-order chi connectivity index (χ1) is 42.0. The molecule has 5 saturated heterocycles. The molecule has 31 atom stereocenters. The van der Waals surface area contributed by atoms with Crippen molar-refractivity contribution in [1.82, 2.24) is 5.32 Å². The molecule has 31 nitrogen and oxygen atoms in total. The topological polar surface area (TPSA) is 328 Å².